The second kappa shape index (κ2) is 8.61. The van der Waals surface area contributed by atoms with E-state index in [1.165, 1.54) is 16.7 Å². The summed E-state index contributed by atoms with van der Waals surface area (Å²) >= 11 is 0. The first-order chi connectivity index (χ1) is 18.1. The summed E-state index contributed by atoms with van der Waals surface area (Å²) in [5.74, 6) is -2.38. The number of H-pyrrole nitrogens is 1. The van der Waals surface area contributed by atoms with E-state index in [0.717, 1.165) is 22.1 Å². The minimum absolute atomic E-state index is 0.144. The van der Waals surface area contributed by atoms with Crippen LogP contribution < -0.4 is 11.0 Å². The summed E-state index contributed by atoms with van der Waals surface area (Å²) in [7, 11) is 1.81. The highest BCUT2D eigenvalue weighted by molar-refractivity contribution is 5.96. The zero-order valence-electron chi connectivity index (χ0n) is 20.1. The SMILES string of the molecule is Cn1cc(-c2n[nH]c(=O)n2-c2c3n(c4ccccc24)CCC(CNC(=O)C(F)(F)F)C3)c2cc(F)ccc21. The molecule has 3 aromatic heterocycles. The van der Waals surface area contributed by atoms with E-state index in [9.17, 15) is 27.2 Å². The van der Waals surface area contributed by atoms with Crippen LogP contribution in [-0.2, 0) is 24.8 Å². The number of aryl methyl sites for hydroxylation is 2. The molecule has 38 heavy (non-hydrogen) atoms. The lowest BCUT2D eigenvalue weighted by atomic mass is 9.95. The lowest BCUT2D eigenvalue weighted by Crippen LogP contribution is -2.40. The number of nitrogens with one attached hydrogen (secondary N) is 2. The number of halogens is 4. The average molecular weight is 526 g/mol. The maximum atomic E-state index is 14.2. The van der Waals surface area contributed by atoms with Crippen LogP contribution in [-0.4, -0.2) is 42.5 Å². The van der Waals surface area contributed by atoms with Crippen LogP contribution in [0, 0.1) is 11.7 Å². The highest BCUT2D eigenvalue weighted by Gasteiger charge is 2.39. The number of carbonyl (C=O) groups is 1. The first-order valence-electron chi connectivity index (χ1n) is 12.0. The van der Waals surface area contributed by atoms with Gasteiger partial charge in [-0.3, -0.25) is 4.79 Å². The average Bonchev–Trinajstić information content (AvgIpc) is 3.52. The number of amides is 1. The van der Waals surface area contributed by atoms with Gasteiger partial charge in [-0.2, -0.15) is 18.3 Å². The van der Waals surface area contributed by atoms with Crippen molar-refractivity contribution in [3.05, 3.63) is 70.7 Å². The van der Waals surface area contributed by atoms with E-state index in [0.29, 0.717) is 36.0 Å². The van der Waals surface area contributed by atoms with Crippen LogP contribution in [0.25, 0.3) is 38.9 Å². The lowest BCUT2D eigenvalue weighted by Gasteiger charge is -2.26. The van der Waals surface area contributed by atoms with Crippen molar-refractivity contribution in [1.82, 2.24) is 29.2 Å². The number of fused-ring (bicyclic) bond motifs is 4. The quantitative estimate of drug-likeness (QED) is 0.346. The Morgan fingerprint density at radius 3 is 2.74 bits per heavy atom. The number of alkyl halides is 3. The van der Waals surface area contributed by atoms with Crippen LogP contribution in [0.4, 0.5) is 17.6 Å². The van der Waals surface area contributed by atoms with E-state index in [-0.39, 0.29) is 18.3 Å². The van der Waals surface area contributed by atoms with Crippen molar-refractivity contribution in [2.45, 2.75) is 25.6 Å². The van der Waals surface area contributed by atoms with Crippen LogP contribution >= 0.6 is 0 Å². The highest BCUT2D eigenvalue weighted by Crippen LogP contribution is 2.37. The van der Waals surface area contributed by atoms with Crippen LogP contribution in [0.2, 0.25) is 0 Å². The number of para-hydroxylation sites is 1. The number of carbonyl (C=O) groups excluding carboxylic acids is 1. The van der Waals surface area contributed by atoms with E-state index in [2.05, 4.69) is 14.8 Å². The van der Waals surface area contributed by atoms with Crippen molar-refractivity contribution in [2.75, 3.05) is 6.54 Å². The third-order valence-electron chi connectivity index (χ3n) is 7.19. The van der Waals surface area contributed by atoms with Gasteiger partial charge in [0.15, 0.2) is 5.82 Å². The van der Waals surface area contributed by atoms with E-state index in [1.807, 2.05) is 41.2 Å². The second-order valence-corrected chi connectivity index (χ2v) is 9.53. The van der Waals surface area contributed by atoms with Gasteiger partial charge < -0.3 is 14.5 Å². The summed E-state index contributed by atoms with van der Waals surface area (Å²) in [6, 6.07) is 11.9. The molecule has 2 N–H and O–H groups in total. The molecule has 5 aromatic rings. The molecule has 0 bridgehead atoms. The van der Waals surface area contributed by atoms with Crippen LogP contribution in [0.3, 0.4) is 0 Å². The fourth-order valence-electron chi connectivity index (χ4n) is 5.48. The Morgan fingerprint density at radius 1 is 1.16 bits per heavy atom. The molecule has 1 atom stereocenters. The minimum Gasteiger partial charge on any atom is -0.350 e. The maximum Gasteiger partial charge on any atom is 0.471 e. The van der Waals surface area contributed by atoms with Gasteiger partial charge in [0.1, 0.15) is 5.82 Å². The summed E-state index contributed by atoms with van der Waals surface area (Å²) in [5, 5.41) is 10.2. The van der Waals surface area contributed by atoms with Crippen molar-refractivity contribution in [2.24, 2.45) is 13.0 Å². The lowest BCUT2D eigenvalue weighted by molar-refractivity contribution is -0.173. The summed E-state index contributed by atoms with van der Waals surface area (Å²) < 4.78 is 57.7. The molecule has 4 heterocycles. The normalized spacial score (nSPS) is 15.8. The predicted molar refractivity (Wildman–Crippen MR) is 132 cm³/mol. The fraction of sp³-hybridized carbons (Fsp3) is 0.269. The molecule has 2 aromatic carbocycles. The molecule has 0 saturated carbocycles. The summed E-state index contributed by atoms with van der Waals surface area (Å²) in [5.41, 5.74) is 3.00. The number of benzene rings is 2. The third kappa shape index (κ3) is 3.78. The van der Waals surface area contributed by atoms with E-state index < -0.39 is 23.6 Å². The Bertz CT molecular complexity index is 1770. The zero-order chi connectivity index (χ0) is 26.8. The van der Waals surface area contributed by atoms with Gasteiger partial charge in [-0.1, -0.05) is 18.2 Å². The largest absolute Gasteiger partial charge is 0.471 e. The van der Waals surface area contributed by atoms with Crippen molar-refractivity contribution >= 4 is 27.7 Å². The Morgan fingerprint density at radius 2 is 1.95 bits per heavy atom. The number of hydrogen-bond donors (Lipinski definition) is 2. The molecule has 1 aliphatic heterocycles. The molecular formula is C26H22F4N6O2. The molecule has 0 radical (unpaired) electrons. The molecule has 0 spiro atoms. The number of hydrogen-bond acceptors (Lipinski definition) is 3. The third-order valence-corrected chi connectivity index (χ3v) is 7.19. The Kier molecular flexibility index (Phi) is 5.44. The molecule has 1 aliphatic rings. The molecule has 1 unspecified atom stereocenters. The summed E-state index contributed by atoms with van der Waals surface area (Å²) in [4.78, 5) is 24.6. The first kappa shape index (κ1) is 24.0. The smallest absolute Gasteiger partial charge is 0.350 e. The molecule has 12 heteroatoms. The molecule has 8 nitrogen and oxygen atoms in total. The van der Waals surface area contributed by atoms with Gasteiger partial charge in [-0.15, -0.1) is 0 Å². The highest BCUT2D eigenvalue weighted by atomic mass is 19.4. The van der Waals surface area contributed by atoms with E-state index in [1.54, 1.807) is 12.3 Å². The number of rotatable bonds is 4. The summed E-state index contributed by atoms with van der Waals surface area (Å²) in [6.45, 7) is 0.360. The number of aromatic amines is 1. The van der Waals surface area contributed by atoms with Gasteiger partial charge in [0.2, 0.25) is 0 Å². The standard InChI is InChI=1S/C26H22F4N6O2/c1-34-13-18(17-11-15(27)6-7-19(17)34)23-32-33-25(38)36(23)22-16-4-2-3-5-20(16)35-9-8-14(10-21(22)35)12-31-24(37)26(28,29)30/h2-7,11,13-14H,8-10,12H2,1H3,(H,31,37)(H,33,38). The molecule has 196 valence electrons. The molecule has 0 aliphatic carbocycles. The minimum atomic E-state index is -4.95. The van der Waals surface area contributed by atoms with Crippen LogP contribution in [0.5, 0.6) is 0 Å². The van der Waals surface area contributed by atoms with Crippen molar-refractivity contribution in [3.63, 3.8) is 0 Å². The molecular weight excluding hydrogens is 504 g/mol. The van der Waals surface area contributed by atoms with Gasteiger partial charge in [0.25, 0.3) is 0 Å². The van der Waals surface area contributed by atoms with Gasteiger partial charge in [0, 0.05) is 53.9 Å². The van der Waals surface area contributed by atoms with E-state index >= 15 is 0 Å². The predicted octanol–water partition coefficient (Wildman–Crippen LogP) is 4.05. The Balaban J connectivity index is 1.50. The van der Waals surface area contributed by atoms with Crippen molar-refractivity contribution < 1.29 is 22.4 Å². The van der Waals surface area contributed by atoms with Gasteiger partial charge >= 0.3 is 17.8 Å². The maximum absolute atomic E-state index is 14.2. The number of aromatic nitrogens is 5. The second-order valence-electron chi connectivity index (χ2n) is 9.53. The molecule has 0 saturated heterocycles. The van der Waals surface area contributed by atoms with Gasteiger partial charge in [-0.05, 0) is 43.0 Å². The van der Waals surface area contributed by atoms with Gasteiger partial charge in [0.05, 0.1) is 11.2 Å². The van der Waals surface area contributed by atoms with Crippen molar-refractivity contribution in [1.29, 1.82) is 0 Å². The fourth-order valence-corrected chi connectivity index (χ4v) is 5.48. The van der Waals surface area contributed by atoms with Crippen molar-refractivity contribution in [3.8, 4) is 17.1 Å². The zero-order valence-corrected chi connectivity index (χ0v) is 20.1. The number of nitrogens with zero attached hydrogens (tertiary/aromatic N) is 4. The molecule has 1 amide bonds. The topological polar surface area (TPSA) is 89.6 Å². The Hall–Kier alpha value is -4.35. The molecule has 6 rings (SSSR count). The van der Waals surface area contributed by atoms with Crippen LogP contribution in [0.1, 0.15) is 12.1 Å². The van der Waals surface area contributed by atoms with E-state index in [4.69, 9.17) is 0 Å². The Labute approximate surface area is 212 Å². The van der Waals surface area contributed by atoms with Gasteiger partial charge in [-0.25, -0.2) is 18.9 Å². The van der Waals surface area contributed by atoms with Crippen LogP contribution in [0.15, 0.2) is 53.5 Å². The molecule has 0 fully saturated rings. The monoisotopic (exact) mass is 526 g/mol. The first-order valence-corrected chi connectivity index (χ1v) is 12.0. The summed E-state index contributed by atoms with van der Waals surface area (Å²) in [6.07, 6.45) is -2.29.